The molecule has 68 valence electrons. The van der Waals surface area contributed by atoms with Gasteiger partial charge in [0.25, 0.3) is 0 Å². The molecule has 3 N–H and O–H groups in total. The summed E-state index contributed by atoms with van der Waals surface area (Å²) in [5.41, 5.74) is 2.61. The minimum Gasteiger partial charge on any atom is -1.00 e. The van der Waals surface area contributed by atoms with Crippen LogP contribution in [0.1, 0.15) is 1.43 Å². The van der Waals surface area contributed by atoms with Crippen molar-refractivity contribution in [2.75, 3.05) is 5.48 Å². The average molecular weight is 213 g/mol. The molecular weight excluding hydrogens is 204 g/mol. The molecule has 0 aromatic heterocycles. The number of anilines is 1. The third-order valence-corrected chi connectivity index (χ3v) is 1.39. The Balaban J connectivity index is 0. The zero-order chi connectivity index (χ0) is 9.03. The van der Waals surface area contributed by atoms with Crippen LogP contribution in [0.5, 0.6) is 0 Å². The van der Waals surface area contributed by atoms with E-state index in [-0.39, 0.29) is 31.0 Å². The van der Waals surface area contributed by atoms with Crippen LogP contribution in [0.3, 0.4) is 0 Å². The van der Waals surface area contributed by atoms with Gasteiger partial charge in [-0.15, -0.1) is 0 Å². The van der Waals surface area contributed by atoms with Gasteiger partial charge in [-0.1, -0.05) is 18.2 Å². The molecule has 0 bridgehead atoms. The maximum Gasteiger partial charge on any atom is 1.00 e. The predicted molar refractivity (Wildman–Crippen MR) is 44.3 cm³/mol. The maximum atomic E-state index is 10.2. The average Bonchev–Trinajstić information content (AvgIpc) is 2.02. The van der Waals surface area contributed by atoms with Crippen LogP contribution in [0.2, 0.25) is 0 Å². The fraction of sp³-hybridized carbons (Fsp3) is 0. The maximum absolute atomic E-state index is 10.2. The van der Waals surface area contributed by atoms with Crippen molar-refractivity contribution in [1.82, 2.24) is 0 Å². The van der Waals surface area contributed by atoms with E-state index in [0.717, 1.165) is 0 Å². The van der Waals surface area contributed by atoms with Gasteiger partial charge in [0, 0.05) is 0 Å². The van der Waals surface area contributed by atoms with E-state index in [1.54, 1.807) is 30.3 Å². The van der Waals surface area contributed by atoms with Crippen molar-refractivity contribution < 1.29 is 50.0 Å². The quantitative estimate of drug-likeness (QED) is 0.315. The smallest absolute Gasteiger partial charge is 1.00 e. The molecule has 1 aromatic rings. The second kappa shape index (κ2) is 5.78. The number of para-hydroxylation sites is 1. The van der Waals surface area contributed by atoms with E-state index in [1.165, 1.54) is 0 Å². The summed E-state index contributed by atoms with van der Waals surface area (Å²) in [7, 11) is -4.44. The first-order valence-corrected chi connectivity index (χ1v) is 4.66. The molecular formula is C6H9NNaO4P. The number of phosphoric acid groups is 1. The molecule has 5 nitrogen and oxygen atoms in total. The van der Waals surface area contributed by atoms with Crippen LogP contribution < -0.4 is 35.0 Å². The van der Waals surface area contributed by atoms with Crippen LogP contribution in [0.25, 0.3) is 0 Å². The normalized spacial score (nSPS) is 10.3. The van der Waals surface area contributed by atoms with E-state index in [0.29, 0.717) is 5.69 Å². The summed E-state index contributed by atoms with van der Waals surface area (Å²) >= 11 is 0. The second-order valence-corrected chi connectivity index (χ2v) is 3.21. The van der Waals surface area contributed by atoms with E-state index in [9.17, 15) is 4.57 Å². The summed E-state index contributed by atoms with van der Waals surface area (Å²) < 4.78 is 14.2. The zero-order valence-corrected chi connectivity index (χ0v) is 9.94. The molecule has 0 heterocycles. The van der Waals surface area contributed by atoms with Crippen LogP contribution in [0, 0.1) is 0 Å². The van der Waals surface area contributed by atoms with Crippen molar-refractivity contribution in [3.05, 3.63) is 30.3 Å². The standard InChI is InChI=1S/C6H8NO4P.Na.H/c8-12(9,10)11-7-6-4-2-1-3-5-6;;/h1-5,7H,(H2,8,9,10);;/q;+1;-1. The van der Waals surface area contributed by atoms with Crippen molar-refractivity contribution in [2.24, 2.45) is 0 Å². The summed E-state index contributed by atoms with van der Waals surface area (Å²) in [4.78, 5) is 16.6. The van der Waals surface area contributed by atoms with Gasteiger partial charge in [0.1, 0.15) is 0 Å². The summed E-state index contributed by atoms with van der Waals surface area (Å²) in [5, 5.41) is 0. The van der Waals surface area contributed by atoms with Gasteiger partial charge in [0.2, 0.25) is 0 Å². The Hall–Kier alpha value is 0.130. The Morgan fingerprint density at radius 2 is 1.85 bits per heavy atom. The first-order valence-electron chi connectivity index (χ1n) is 3.13. The van der Waals surface area contributed by atoms with Gasteiger partial charge in [-0.05, 0) is 12.1 Å². The van der Waals surface area contributed by atoms with Gasteiger partial charge in [-0.25, -0.2) is 4.57 Å². The number of benzene rings is 1. The van der Waals surface area contributed by atoms with Crippen LogP contribution in [0.4, 0.5) is 5.69 Å². The third kappa shape index (κ3) is 6.23. The predicted octanol–water partition coefficient (Wildman–Crippen LogP) is -1.76. The Morgan fingerprint density at radius 1 is 1.31 bits per heavy atom. The largest absolute Gasteiger partial charge is 1.00 e. The van der Waals surface area contributed by atoms with E-state index in [1.807, 2.05) is 0 Å². The molecule has 7 heteroatoms. The number of rotatable bonds is 3. The van der Waals surface area contributed by atoms with Crippen molar-refractivity contribution >= 4 is 13.5 Å². The number of nitrogens with one attached hydrogen (secondary N) is 1. The van der Waals surface area contributed by atoms with Gasteiger partial charge in [0.15, 0.2) is 0 Å². The zero-order valence-electron chi connectivity index (χ0n) is 8.04. The summed E-state index contributed by atoms with van der Waals surface area (Å²) in [5.74, 6) is 0. The molecule has 0 aliphatic heterocycles. The Bertz CT molecular complexity index is 293. The third-order valence-electron chi connectivity index (χ3n) is 1.06. The first-order chi connectivity index (χ1) is 5.58. The molecule has 1 aromatic carbocycles. The molecule has 0 atom stereocenters. The molecule has 0 spiro atoms. The molecule has 0 unspecified atom stereocenters. The van der Waals surface area contributed by atoms with Crippen LogP contribution in [-0.2, 0) is 9.19 Å². The van der Waals surface area contributed by atoms with E-state index < -0.39 is 7.82 Å². The number of hydrogen-bond acceptors (Lipinski definition) is 3. The number of hydrogen-bond donors (Lipinski definition) is 3. The molecule has 0 saturated heterocycles. The summed E-state index contributed by atoms with van der Waals surface area (Å²) in [6.45, 7) is 0. The topological polar surface area (TPSA) is 78.8 Å². The van der Waals surface area contributed by atoms with Gasteiger partial charge >= 0.3 is 37.4 Å². The summed E-state index contributed by atoms with van der Waals surface area (Å²) in [6, 6.07) is 8.45. The Labute approximate surface area is 99.1 Å². The second-order valence-electron chi connectivity index (χ2n) is 2.05. The van der Waals surface area contributed by atoms with E-state index >= 15 is 0 Å². The molecule has 0 saturated carbocycles. The fourth-order valence-electron chi connectivity index (χ4n) is 0.618. The Morgan fingerprint density at radius 3 is 2.31 bits per heavy atom. The minimum absolute atomic E-state index is 0. The molecule has 0 amide bonds. The van der Waals surface area contributed by atoms with Crippen LogP contribution in [-0.4, -0.2) is 9.79 Å². The van der Waals surface area contributed by atoms with Crippen molar-refractivity contribution in [3.63, 3.8) is 0 Å². The van der Waals surface area contributed by atoms with Gasteiger partial charge in [0.05, 0.1) is 5.69 Å². The van der Waals surface area contributed by atoms with Gasteiger partial charge in [-0.3, -0.25) is 5.48 Å². The SMILES string of the molecule is O=P(O)(O)ONc1ccccc1.[H-].[Na+]. The van der Waals surface area contributed by atoms with Gasteiger partial charge in [-0.2, -0.15) is 4.62 Å². The fourth-order valence-corrected chi connectivity index (χ4v) is 0.843. The monoisotopic (exact) mass is 213 g/mol. The van der Waals surface area contributed by atoms with E-state index in [2.05, 4.69) is 10.1 Å². The first kappa shape index (κ1) is 13.1. The molecule has 0 aliphatic rings. The Kier molecular flexibility index (Phi) is 5.83. The molecule has 1 rings (SSSR count). The van der Waals surface area contributed by atoms with Crippen molar-refractivity contribution in [3.8, 4) is 0 Å². The minimum atomic E-state index is -4.44. The van der Waals surface area contributed by atoms with Crippen molar-refractivity contribution in [2.45, 2.75) is 0 Å². The van der Waals surface area contributed by atoms with Crippen LogP contribution in [0.15, 0.2) is 30.3 Å². The van der Waals surface area contributed by atoms with Gasteiger partial charge < -0.3 is 11.2 Å². The molecule has 0 radical (unpaired) electrons. The van der Waals surface area contributed by atoms with E-state index in [4.69, 9.17) is 9.79 Å². The molecule has 0 fully saturated rings. The van der Waals surface area contributed by atoms with Crippen LogP contribution >= 0.6 is 7.82 Å². The molecule has 0 aliphatic carbocycles. The summed E-state index contributed by atoms with van der Waals surface area (Å²) in [6.07, 6.45) is 0. The molecule has 13 heavy (non-hydrogen) atoms. The van der Waals surface area contributed by atoms with Crippen molar-refractivity contribution in [1.29, 1.82) is 0 Å².